The lowest BCUT2D eigenvalue weighted by Crippen LogP contribution is -2.33. The van der Waals surface area contributed by atoms with Gasteiger partial charge in [-0.15, -0.1) is 0 Å². The normalized spacial score (nSPS) is 11.1. The number of benzene rings is 2. The number of anilines is 1. The predicted octanol–water partition coefficient (Wildman–Crippen LogP) is 4.72. The van der Waals surface area contributed by atoms with E-state index in [0.717, 1.165) is 6.54 Å². The second kappa shape index (κ2) is 8.81. The highest BCUT2D eigenvalue weighted by molar-refractivity contribution is 6.31. The van der Waals surface area contributed by atoms with Crippen molar-refractivity contribution in [2.24, 2.45) is 0 Å². The molecule has 5 heteroatoms. The molecule has 0 saturated heterocycles. The first-order chi connectivity index (χ1) is 11.5. The number of hydrogen-bond acceptors (Lipinski definition) is 2. The molecule has 24 heavy (non-hydrogen) atoms. The van der Waals surface area contributed by atoms with Crippen molar-refractivity contribution in [3.8, 4) is 0 Å². The molecule has 0 atom stereocenters. The molecule has 1 amide bonds. The van der Waals surface area contributed by atoms with Gasteiger partial charge >= 0.3 is 0 Å². The van der Waals surface area contributed by atoms with E-state index in [2.05, 4.69) is 36.2 Å². The topological polar surface area (TPSA) is 32.3 Å². The largest absolute Gasteiger partial charge is 0.326 e. The summed E-state index contributed by atoms with van der Waals surface area (Å²) >= 11 is 5.72. The molecule has 3 nitrogen and oxygen atoms in total. The van der Waals surface area contributed by atoms with Gasteiger partial charge in [0, 0.05) is 31.2 Å². The third-order valence-electron chi connectivity index (χ3n) is 3.79. The summed E-state index contributed by atoms with van der Waals surface area (Å²) in [4.78, 5) is 14.4. The van der Waals surface area contributed by atoms with Gasteiger partial charge in [-0.2, -0.15) is 0 Å². The minimum atomic E-state index is -0.497. The number of halogens is 2. The van der Waals surface area contributed by atoms with E-state index in [1.165, 1.54) is 23.8 Å². The van der Waals surface area contributed by atoms with Crippen LogP contribution in [-0.2, 0) is 11.3 Å². The Bertz CT molecular complexity index is 676. The lowest BCUT2D eigenvalue weighted by molar-refractivity contribution is -0.116. The van der Waals surface area contributed by atoms with Crippen LogP contribution in [0.2, 0.25) is 5.02 Å². The van der Waals surface area contributed by atoms with E-state index >= 15 is 0 Å². The molecule has 0 saturated carbocycles. The second-order valence-electron chi connectivity index (χ2n) is 5.98. The summed E-state index contributed by atoms with van der Waals surface area (Å²) < 4.78 is 13.1. The van der Waals surface area contributed by atoms with E-state index in [1.54, 1.807) is 0 Å². The molecule has 0 radical (unpaired) electrons. The lowest BCUT2D eigenvalue weighted by atomic mass is 10.2. The molecule has 1 N–H and O–H groups in total. The fourth-order valence-corrected chi connectivity index (χ4v) is 2.56. The van der Waals surface area contributed by atoms with Crippen molar-refractivity contribution in [2.45, 2.75) is 32.9 Å². The highest BCUT2D eigenvalue weighted by Crippen LogP contribution is 2.19. The van der Waals surface area contributed by atoms with Crippen molar-refractivity contribution in [3.63, 3.8) is 0 Å². The molecule has 2 rings (SSSR count). The number of carbonyl (C=O) groups is 1. The van der Waals surface area contributed by atoms with Gasteiger partial charge < -0.3 is 5.32 Å². The van der Waals surface area contributed by atoms with Crippen LogP contribution in [0.25, 0.3) is 0 Å². The first-order valence-electron chi connectivity index (χ1n) is 7.98. The summed E-state index contributed by atoms with van der Waals surface area (Å²) in [7, 11) is 0. The predicted molar refractivity (Wildman–Crippen MR) is 96.6 cm³/mol. The Morgan fingerprint density at radius 3 is 2.54 bits per heavy atom. The molecule has 0 aromatic heterocycles. The number of nitrogens with zero attached hydrogens (tertiary/aromatic N) is 1. The van der Waals surface area contributed by atoms with E-state index in [9.17, 15) is 9.18 Å². The minimum Gasteiger partial charge on any atom is -0.326 e. The number of amides is 1. The van der Waals surface area contributed by atoms with Gasteiger partial charge in [0.1, 0.15) is 5.82 Å². The van der Waals surface area contributed by atoms with E-state index in [1.807, 2.05) is 18.2 Å². The minimum absolute atomic E-state index is 0.000634. The van der Waals surface area contributed by atoms with Crippen LogP contribution in [0.4, 0.5) is 10.1 Å². The second-order valence-corrected chi connectivity index (χ2v) is 6.38. The SMILES string of the molecule is CC(C)N(CCC(=O)Nc1ccc(F)c(Cl)c1)Cc1ccccc1. The van der Waals surface area contributed by atoms with Gasteiger partial charge in [0.25, 0.3) is 0 Å². The fourth-order valence-electron chi connectivity index (χ4n) is 2.38. The van der Waals surface area contributed by atoms with Crippen LogP contribution in [0, 0.1) is 5.82 Å². The highest BCUT2D eigenvalue weighted by Gasteiger charge is 2.13. The number of carbonyl (C=O) groups excluding carboxylic acids is 1. The monoisotopic (exact) mass is 348 g/mol. The van der Waals surface area contributed by atoms with Crippen LogP contribution < -0.4 is 5.32 Å². The Morgan fingerprint density at radius 1 is 1.21 bits per heavy atom. The number of hydrogen-bond donors (Lipinski definition) is 1. The quantitative estimate of drug-likeness (QED) is 0.785. The van der Waals surface area contributed by atoms with E-state index in [0.29, 0.717) is 24.7 Å². The Balaban J connectivity index is 1.89. The molecule has 0 aliphatic rings. The summed E-state index contributed by atoms with van der Waals surface area (Å²) in [5, 5.41) is 2.75. The van der Waals surface area contributed by atoms with E-state index in [-0.39, 0.29) is 10.9 Å². The fraction of sp³-hybridized carbons (Fsp3) is 0.316. The Kier molecular flexibility index (Phi) is 6.76. The lowest BCUT2D eigenvalue weighted by Gasteiger charge is -2.26. The summed E-state index contributed by atoms with van der Waals surface area (Å²) in [5.74, 6) is -0.611. The van der Waals surface area contributed by atoms with Crippen molar-refractivity contribution in [3.05, 3.63) is 64.9 Å². The number of nitrogens with one attached hydrogen (secondary N) is 1. The van der Waals surface area contributed by atoms with E-state index < -0.39 is 5.82 Å². The van der Waals surface area contributed by atoms with Gasteiger partial charge in [-0.1, -0.05) is 41.9 Å². The Labute approximate surface area is 147 Å². The van der Waals surface area contributed by atoms with Gasteiger partial charge in [0.15, 0.2) is 0 Å². The van der Waals surface area contributed by atoms with Crippen LogP contribution in [0.3, 0.4) is 0 Å². The third kappa shape index (κ3) is 5.62. The van der Waals surface area contributed by atoms with Crippen LogP contribution in [0.15, 0.2) is 48.5 Å². The molecular formula is C19H22ClFN2O. The number of rotatable bonds is 7. The average molecular weight is 349 g/mol. The first-order valence-corrected chi connectivity index (χ1v) is 8.36. The zero-order valence-corrected chi connectivity index (χ0v) is 14.7. The van der Waals surface area contributed by atoms with Crippen molar-refractivity contribution in [1.29, 1.82) is 0 Å². The molecule has 128 valence electrons. The van der Waals surface area contributed by atoms with Gasteiger partial charge in [0.2, 0.25) is 5.91 Å². The zero-order valence-electron chi connectivity index (χ0n) is 13.9. The summed E-state index contributed by atoms with van der Waals surface area (Å²) in [5.41, 5.74) is 1.72. The molecule has 0 aliphatic carbocycles. The molecular weight excluding hydrogens is 327 g/mol. The Hall–Kier alpha value is -1.91. The molecule has 2 aromatic carbocycles. The average Bonchev–Trinajstić information content (AvgIpc) is 2.55. The molecule has 0 bridgehead atoms. The van der Waals surface area contributed by atoms with Crippen LogP contribution >= 0.6 is 11.6 Å². The zero-order chi connectivity index (χ0) is 17.5. The van der Waals surface area contributed by atoms with Crippen molar-refractivity contribution < 1.29 is 9.18 Å². The highest BCUT2D eigenvalue weighted by atomic mass is 35.5. The smallest absolute Gasteiger partial charge is 0.225 e. The maximum atomic E-state index is 13.1. The maximum Gasteiger partial charge on any atom is 0.225 e. The van der Waals surface area contributed by atoms with Gasteiger partial charge in [-0.05, 0) is 37.6 Å². The molecule has 0 spiro atoms. The van der Waals surface area contributed by atoms with Gasteiger partial charge in [0.05, 0.1) is 5.02 Å². The summed E-state index contributed by atoms with van der Waals surface area (Å²) in [6.07, 6.45) is 0.361. The third-order valence-corrected chi connectivity index (χ3v) is 4.08. The molecule has 2 aromatic rings. The molecule has 0 unspecified atom stereocenters. The van der Waals surface area contributed by atoms with Gasteiger partial charge in [-0.3, -0.25) is 9.69 Å². The maximum absolute atomic E-state index is 13.1. The first kappa shape index (κ1) is 18.4. The molecule has 0 heterocycles. The summed E-state index contributed by atoms with van der Waals surface area (Å²) in [6.45, 7) is 5.67. The van der Waals surface area contributed by atoms with Crippen LogP contribution in [0.5, 0.6) is 0 Å². The molecule has 0 aliphatic heterocycles. The summed E-state index contributed by atoms with van der Waals surface area (Å²) in [6, 6.07) is 14.7. The Morgan fingerprint density at radius 2 is 1.92 bits per heavy atom. The van der Waals surface area contributed by atoms with Crippen molar-refractivity contribution in [1.82, 2.24) is 4.90 Å². The van der Waals surface area contributed by atoms with Crippen molar-refractivity contribution in [2.75, 3.05) is 11.9 Å². The van der Waals surface area contributed by atoms with Crippen LogP contribution in [-0.4, -0.2) is 23.4 Å². The van der Waals surface area contributed by atoms with Gasteiger partial charge in [-0.25, -0.2) is 4.39 Å². The standard InChI is InChI=1S/C19H22ClFN2O/c1-14(2)23(13-15-6-4-3-5-7-15)11-10-19(24)22-16-8-9-18(21)17(20)12-16/h3-9,12,14H,10-11,13H2,1-2H3,(H,22,24). The van der Waals surface area contributed by atoms with E-state index in [4.69, 9.17) is 11.6 Å². The van der Waals surface area contributed by atoms with Crippen LogP contribution in [0.1, 0.15) is 25.8 Å². The molecule has 0 fully saturated rings. The van der Waals surface area contributed by atoms with Crippen molar-refractivity contribution >= 4 is 23.2 Å².